The van der Waals surface area contributed by atoms with Crippen LogP contribution in [0.25, 0.3) is 11.1 Å². The number of nitrogens with zero attached hydrogens (tertiary/aromatic N) is 1. The molecule has 5 nitrogen and oxygen atoms in total. The number of fused-ring (bicyclic) bond motifs is 1. The molecular formula is C32H35F2NO4. The molecule has 1 fully saturated rings. The molecule has 206 valence electrons. The number of hydrogen-bond acceptors (Lipinski definition) is 4. The summed E-state index contributed by atoms with van der Waals surface area (Å²) in [5, 5.41) is 9.39. The van der Waals surface area contributed by atoms with Gasteiger partial charge in [-0.2, -0.15) is 0 Å². The van der Waals surface area contributed by atoms with Crippen LogP contribution in [0.2, 0.25) is 0 Å². The Balaban J connectivity index is 1.49. The lowest BCUT2D eigenvalue weighted by Crippen LogP contribution is -2.24. The Hall–Kier alpha value is -3.48. The van der Waals surface area contributed by atoms with Gasteiger partial charge >= 0.3 is 5.97 Å². The Kier molecular flexibility index (Phi) is 7.12. The lowest BCUT2D eigenvalue weighted by atomic mass is 9.75. The highest BCUT2D eigenvalue weighted by molar-refractivity contribution is 5.71. The number of carbonyl (C=O) groups is 1. The van der Waals surface area contributed by atoms with Gasteiger partial charge in [0, 0.05) is 22.6 Å². The molecule has 2 atom stereocenters. The SMILES string of the molecule is COc1cc(-c2ccc(COc3ccc4c(c3F)[C@@](C)(CC(=O)O)CC4)cc2[C@H]2CCCC2(C)C)c(F)cn1. The third-order valence-corrected chi connectivity index (χ3v) is 8.76. The number of rotatable bonds is 8. The molecule has 0 bridgehead atoms. The molecule has 3 aromatic rings. The molecule has 2 aliphatic rings. The molecule has 1 saturated carbocycles. The van der Waals surface area contributed by atoms with Crippen molar-refractivity contribution in [2.24, 2.45) is 5.41 Å². The van der Waals surface area contributed by atoms with Gasteiger partial charge in [-0.3, -0.25) is 4.79 Å². The maximum atomic E-state index is 15.7. The van der Waals surface area contributed by atoms with Crippen LogP contribution in [0.1, 0.15) is 81.0 Å². The van der Waals surface area contributed by atoms with E-state index in [-0.39, 0.29) is 30.1 Å². The molecule has 2 aliphatic carbocycles. The average Bonchev–Trinajstić information content (AvgIpc) is 3.42. The van der Waals surface area contributed by atoms with Crippen LogP contribution < -0.4 is 9.47 Å². The lowest BCUT2D eigenvalue weighted by molar-refractivity contribution is -0.138. The third kappa shape index (κ3) is 5.11. The van der Waals surface area contributed by atoms with Crippen LogP contribution >= 0.6 is 0 Å². The molecule has 7 heteroatoms. The van der Waals surface area contributed by atoms with E-state index in [1.54, 1.807) is 19.1 Å². The van der Waals surface area contributed by atoms with Crippen LogP contribution in [-0.2, 0) is 23.2 Å². The van der Waals surface area contributed by atoms with Gasteiger partial charge in [-0.1, -0.05) is 51.5 Å². The van der Waals surface area contributed by atoms with Gasteiger partial charge in [-0.05, 0) is 65.3 Å². The first-order valence-corrected chi connectivity index (χ1v) is 13.5. The van der Waals surface area contributed by atoms with Gasteiger partial charge in [0.15, 0.2) is 11.6 Å². The normalized spacial score (nSPS) is 21.5. The van der Waals surface area contributed by atoms with Crippen molar-refractivity contribution >= 4 is 5.97 Å². The fourth-order valence-electron chi connectivity index (χ4n) is 6.65. The van der Waals surface area contributed by atoms with Crippen molar-refractivity contribution in [2.75, 3.05) is 7.11 Å². The Morgan fingerprint density at radius 1 is 1.10 bits per heavy atom. The zero-order chi connectivity index (χ0) is 27.9. The van der Waals surface area contributed by atoms with Gasteiger partial charge in [0.25, 0.3) is 0 Å². The summed E-state index contributed by atoms with van der Waals surface area (Å²) in [7, 11) is 1.51. The van der Waals surface area contributed by atoms with Crippen LogP contribution in [0, 0.1) is 17.0 Å². The first-order valence-electron chi connectivity index (χ1n) is 13.5. The monoisotopic (exact) mass is 535 g/mol. The number of methoxy groups -OCH3 is 1. The Morgan fingerprint density at radius 2 is 1.90 bits per heavy atom. The number of ether oxygens (including phenoxy) is 2. The number of halogens is 2. The van der Waals surface area contributed by atoms with Crippen LogP contribution in [0.3, 0.4) is 0 Å². The number of carboxylic acids is 1. The minimum absolute atomic E-state index is 0.0442. The van der Waals surface area contributed by atoms with Gasteiger partial charge in [0.2, 0.25) is 5.88 Å². The predicted molar refractivity (Wildman–Crippen MR) is 145 cm³/mol. The molecule has 0 aliphatic heterocycles. The highest BCUT2D eigenvalue weighted by Crippen LogP contribution is 2.51. The van der Waals surface area contributed by atoms with E-state index >= 15 is 4.39 Å². The summed E-state index contributed by atoms with van der Waals surface area (Å²) in [6, 6.07) is 10.9. The van der Waals surface area contributed by atoms with Crippen molar-refractivity contribution in [1.82, 2.24) is 4.98 Å². The molecule has 2 aromatic carbocycles. The van der Waals surface area contributed by atoms with Crippen molar-refractivity contribution in [3.63, 3.8) is 0 Å². The van der Waals surface area contributed by atoms with E-state index in [1.165, 1.54) is 13.3 Å². The quantitative estimate of drug-likeness (QED) is 0.322. The zero-order valence-corrected chi connectivity index (χ0v) is 22.9. The fourth-order valence-corrected chi connectivity index (χ4v) is 6.65. The molecule has 1 aromatic heterocycles. The van der Waals surface area contributed by atoms with Crippen molar-refractivity contribution < 1.29 is 28.2 Å². The molecule has 0 radical (unpaired) electrons. The number of carboxylic acid groups (broad SMARTS) is 1. The summed E-state index contributed by atoms with van der Waals surface area (Å²) in [5.74, 6) is -1.15. The van der Waals surface area contributed by atoms with E-state index in [2.05, 4.69) is 24.9 Å². The number of benzene rings is 2. The van der Waals surface area contributed by atoms with Gasteiger partial charge in [-0.15, -0.1) is 0 Å². The minimum atomic E-state index is -0.943. The van der Waals surface area contributed by atoms with Gasteiger partial charge in [-0.25, -0.2) is 13.8 Å². The van der Waals surface area contributed by atoms with Crippen molar-refractivity contribution in [3.05, 3.63) is 76.5 Å². The van der Waals surface area contributed by atoms with Gasteiger partial charge in [0.05, 0.1) is 19.7 Å². The molecule has 39 heavy (non-hydrogen) atoms. The molecule has 0 unspecified atom stereocenters. The highest BCUT2D eigenvalue weighted by atomic mass is 19.1. The van der Waals surface area contributed by atoms with E-state index in [4.69, 9.17) is 9.47 Å². The molecule has 0 saturated heterocycles. The summed E-state index contributed by atoms with van der Waals surface area (Å²) in [4.78, 5) is 15.5. The number of aryl methyl sites for hydroxylation is 1. The molecule has 5 rings (SSSR count). The summed E-state index contributed by atoms with van der Waals surface area (Å²) < 4.78 is 41.9. The summed E-state index contributed by atoms with van der Waals surface area (Å²) in [6.45, 7) is 6.43. The number of aromatic nitrogens is 1. The van der Waals surface area contributed by atoms with Crippen molar-refractivity contribution in [3.8, 4) is 22.8 Å². The second-order valence-corrected chi connectivity index (χ2v) is 11.9. The maximum Gasteiger partial charge on any atom is 0.304 e. The lowest BCUT2D eigenvalue weighted by Gasteiger charge is -2.30. The van der Waals surface area contributed by atoms with E-state index in [0.717, 1.165) is 41.5 Å². The summed E-state index contributed by atoms with van der Waals surface area (Å²) in [5.41, 5.74) is 3.70. The Bertz CT molecular complexity index is 1420. The van der Waals surface area contributed by atoms with Crippen LogP contribution in [0.4, 0.5) is 8.78 Å². The standard InChI is InChI=1S/C32H35F2NO4/c1-31(2)12-5-6-24(31)22-14-19(7-9-21(22)23-15-27(38-4)35-17-25(23)33)18-39-26-10-8-20-11-13-32(3,16-28(36)37)29(20)30(26)34/h7-10,14-15,17,24H,5-6,11-13,16,18H2,1-4H3,(H,36,37)/t24-,32-/m1/s1. The maximum absolute atomic E-state index is 15.7. The summed E-state index contributed by atoms with van der Waals surface area (Å²) in [6.07, 6.45) is 5.46. The van der Waals surface area contributed by atoms with E-state index in [0.29, 0.717) is 29.8 Å². The fraction of sp³-hybridized carbons (Fsp3) is 0.438. The first kappa shape index (κ1) is 27.1. The van der Waals surface area contributed by atoms with Gasteiger partial charge in [0.1, 0.15) is 12.4 Å². The molecular weight excluding hydrogens is 500 g/mol. The topological polar surface area (TPSA) is 68.7 Å². The molecule has 0 amide bonds. The average molecular weight is 536 g/mol. The highest BCUT2D eigenvalue weighted by Gasteiger charge is 2.40. The second kappa shape index (κ2) is 10.2. The predicted octanol–water partition coefficient (Wildman–Crippen LogP) is 7.59. The third-order valence-electron chi connectivity index (χ3n) is 8.76. The van der Waals surface area contributed by atoms with E-state index in [9.17, 15) is 14.3 Å². The molecule has 1 N–H and O–H groups in total. The largest absolute Gasteiger partial charge is 0.486 e. The number of aliphatic carboxylic acids is 1. The van der Waals surface area contributed by atoms with Crippen LogP contribution in [-0.4, -0.2) is 23.2 Å². The Morgan fingerprint density at radius 3 is 2.59 bits per heavy atom. The Labute approximate surface area is 228 Å². The van der Waals surface area contributed by atoms with Crippen molar-refractivity contribution in [2.45, 2.75) is 77.2 Å². The molecule has 0 spiro atoms. The number of pyridine rings is 1. The van der Waals surface area contributed by atoms with Crippen LogP contribution in [0.15, 0.2) is 42.6 Å². The van der Waals surface area contributed by atoms with Crippen molar-refractivity contribution in [1.29, 1.82) is 0 Å². The first-order chi connectivity index (χ1) is 18.5. The van der Waals surface area contributed by atoms with E-state index in [1.807, 2.05) is 18.2 Å². The summed E-state index contributed by atoms with van der Waals surface area (Å²) >= 11 is 0. The smallest absolute Gasteiger partial charge is 0.304 e. The minimum Gasteiger partial charge on any atom is -0.486 e. The van der Waals surface area contributed by atoms with E-state index < -0.39 is 23.0 Å². The number of hydrogen-bond donors (Lipinski definition) is 1. The second-order valence-electron chi connectivity index (χ2n) is 11.9. The zero-order valence-electron chi connectivity index (χ0n) is 22.9. The molecule has 1 heterocycles. The van der Waals surface area contributed by atoms with Gasteiger partial charge < -0.3 is 14.6 Å². The van der Waals surface area contributed by atoms with Crippen LogP contribution in [0.5, 0.6) is 11.6 Å².